The second kappa shape index (κ2) is 18.6. The standard InChI is InChI=1S/C35H38F6N6O5.CH2F2/c1-45(12-14-51-3)13-15-52-27-9-6-21(29(37)30(27)38)19-47-33(50)28(31(48)34(46(47)2)10-4-5-11-34)32(49)44-25-8-7-22(35(39,40)41)16-24(25)26-17-23(18-36)42-20-43-26;2-1-3/h6-9,16-17,20,48H,4-5,10-15,18-19H2,1-3H3,(H,44,49);1H2. The van der Waals surface area contributed by atoms with Gasteiger partial charge in [-0.2, -0.15) is 17.6 Å². The van der Waals surface area contributed by atoms with E-state index in [0.29, 0.717) is 57.5 Å². The third kappa shape index (κ3) is 9.68. The summed E-state index contributed by atoms with van der Waals surface area (Å²) in [5.74, 6) is -5.68. The number of carbonyl (C=O) groups is 2. The van der Waals surface area contributed by atoms with Crippen LogP contribution in [0, 0.1) is 11.6 Å². The fraction of sp³-hybridized carbons (Fsp3) is 0.444. The molecule has 0 unspecified atom stereocenters. The molecule has 55 heavy (non-hydrogen) atoms. The van der Waals surface area contributed by atoms with Gasteiger partial charge < -0.3 is 24.8 Å². The minimum atomic E-state index is -4.78. The number of benzene rings is 2. The van der Waals surface area contributed by atoms with Gasteiger partial charge in [0.15, 0.2) is 11.6 Å². The lowest BCUT2D eigenvalue weighted by Crippen LogP contribution is -2.62. The maximum absolute atomic E-state index is 15.5. The molecule has 300 valence electrons. The molecule has 5 rings (SSSR count). The molecule has 3 aromatic rings. The molecule has 1 fully saturated rings. The summed E-state index contributed by atoms with van der Waals surface area (Å²) in [6.45, 7) is -1.77. The molecule has 2 N–H and O–H groups in total. The number of amides is 2. The molecule has 19 heteroatoms. The first kappa shape index (κ1) is 42.9. The molecule has 2 amide bonds. The Morgan fingerprint density at radius 2 is 1.69 bits per heavy atom. The number of carbonyl (C=O) groups excluding carboxylic acids is 2. The number of aliphatic hydroxyl groups excluding tert-OH is 1. The van der Waals surface area contributed by atoms with Crippen LogP contribution in [0.2, 0.25) is 0 Å². The summed E-state index contributed by atoms with van der Waals surface area (Å²) in [5.41, 5.74) is -4.07. The van der Waals surface area contributed by atoms with E-state index in [1.54, 1.807) is 7.11 Å². The van der Waals surface area contributed by atoms with Crippen molar-refractivity contribution in [2.75, 3.05) is 59.8 Å². The first-order valence-electron chi connectivity index (χ1n) is 16.9. The van der Waals surface area contributed by atoms with E-state index in [1.807, 2.05) is 11.9 Å². The van der Waals surface area contributed by atoms with Crippen molar-refractivity contribution in [3.05, 3.63) is 82.5 Å². The van der Waals surface area contributed by atoms with Crippen LogP contribution in [-0.2, 0) is 33.7 Å². The van der Waals surface area contributed by atoms with Crippen molar-refractivity contribution in [2.24, 2.45) is 0 Å². The number of ether oxygens (including phenoxy) is 2. The number of halogens is 8. The number of hydrogen-bond acceptors (Lipinski definition) is 9. The Morgan fingerprint density at radius 1 is 1.02 bits per heavy atom. The zero-order valence-electron chi connectivity index (χ0n) is 30.2. The van der Waals surface area contributed by atoms with Gasteiger partial charge in [0.1, 0.15) is 30.9 Å². The molecule has 2 heterocycles. The van der Waals surface area contributed by atoms with Gasteiger partial charge in [-0.3, -0.25) is 14.6 Å². The number of nitrogens with one attached hydrogen (secondary N) is 1. The lowest BCUT2D eigenvalue weighted by atomic mass is 9.88. The van der Waals surface area contributed by atoms with Gasteiger partial charge in [-0.25, -0.2) is 32.5 Å². The Morgan fingerprint density at radius 3 is 2.33 bits per heavy atom. The van der Waals surface area contributed by atoms with Gasteiger partial charge in [-0.15, -0.1) is 0 Å². The highest BCUT2D eigenvalue weighted by molar-refractivity contribution is 6.24. The zero-order valence-corrected chi connectivity index (χ0v) is 30.2. The summed E-state index contributed by atoms with van der Waals surface area (Å²) >= 11 is 0. The van der Waals surface area contributed by atoms with Crippen molar-refractivity contribution >= 4 is 17.5 Å². The first-order chi connectivity index (χ1) is 26.1. The first-order valence-corrected chi connectivity index (χ1v) is 16.9. The molecule has 1 spiro atoms. The van der Waals surface area contributed by atoms with Crippen LogP contribution in [0.1, 0.15) is 42.5 Å². The van der Waals surface area contributed by atoms with E-state index in [0.717, 1.165) is 23.5 Å². The lowest BCUT2D eigenvalue weighted by molar-refractivity contribution is -0.163. The van der Waals surface area contributed by atoms with E-state index >= 15 is 8.78 Å². The van der Waals surface area contributed by atoms with E-state index in [1.165, 1.54) is 24.2 Å². The van der Waals surface area contributed by atoms with Crippen LogP contribution in [0.15, 0.2) is 54.1 Å². The fourth-order valence-electron chi connectivity index (χ4n) is 6.37. The monoisotopic (exact) mass is 788 g/mol. The number of hydrazine groups is 1. The van der Waals surface area contributed by atoms with E-state index in [4.69, 9.17) is 9.47 Å². The van der Waals surface area contributed by atoms with Crippen molar-refractivity contribution in [2.45, 2.75) is 50.6 Å². The predicted molar refractivity (Wildman–Crippen MR) is 183 cm³/mol. The highest BCUT2D eigenvalue weighted by Crippen LogP contribution is 2.45. The van der Waals surface area contributed by atoms with E-state index in [9.17, 15) is 41.0 Å². The largest absolute Gasteiger partial charge is 0.509 e. The molecule has 1 aromatic heterocycles. The molecule has 1 saturated carbocycles. The zero-order chi connectivity index (χ0) is 40.5. The van der Waals surface area contributed by atoms with E-state index in [2.05, 4.69) is 15.3 Å². The normalized spacial score (nSPS) is 15.8. The average molecular weight is 789 g/mol. The number of hydrogen-bond donors (Lipinski definition) is 2. The van der Waals surface area contributed by atoms with E-state index < -0.39 is 72.2 Å². The average Bonchev–Trinajstić information content (AvgIpc) is 3.66. The highest BCUT2D eigenvalue weighted by Gasteiger charge is 2.53. The molecular weight excluding hydrogens is 748 g/mol. The molecule has 0 atom stereocenters. The molecule has 1 aliphatic heterocycles. The quantitative estimate of drug-likeness (QED) is 0.144. The van der Waals surface area contributed by atoms with Gasteiger partial charge in [0.2, 0.25) is 12.7 Å². The minimum Gasteiger partial charge on any atom is -0.509 e. The Labute approximate surface area is 311 Å². The van der Waals surface area contributed by atoms with Gasteiger partial charge in [0.25, 0.3) is 11.8 Å². The second-order valence-corrected chi connectivity index (χ2v) is 12.7. The number of alkyl halides is 6. The van der Waals surface area contributed by atoms with Crippen molar-refractivity contribution < 1.29 is 59.3 Å². The van der Waals surface area contributed by atoms with Crippen molar-refractivity contribution in [1.29, 1.82) is 0 Å². The van der Waals surface area contributed by atoms with Crippen LogP contribution in [0.3, 0.4) is 0 Å². The van der Waals surface area contributed by atoms with Crippen LogP contribution in [0.4, 0.5) is 40.8 Å². The number of nitrogens with zero attached hydrogens (tertiary/aromatic N) is 5. The number of likely N-dealkylation sites (N-methyl/N-ethyl adjacent to an activating group) is 2. The van der Waals surface area contributed by atoms with Crippen molar-refractivity contribution in [3.8, 4) is 17.0 Å². The predicted octanol–water partition coefficient (Wildman–Crippen LogP) is 6.70. The number of anilines is 1. The number of methoxy groups -OCH3 is 1. The highest BCUT2D eigenvalue weighted by atomic mass is 19.4. The van der Waals surface area contributed by atoms with Crippen molar-refractivity contribution in [3.63, 3.8) is 0 Å². The number of aromatic nitrogens is 2. The van der Waals surface area contributed by atoms with Gasteiger partial charge in [-0.1, -0.05) is 18.9 Å². The van der Waals surface area contributed by atoms with Crippen LogP contribution in [0.25, 0.3) is 11.3 Å². The van der Waals surface area contributed by atoms with E-state index in [-0.39, 0.29) is 40.6 Å². The molecule has 11 nitrogen and oxygen atoms in total. The lowest BCUT2D eigenvalue weighted by Gasteiger charge is -2.48. The molecule has 0 bridgehead atoms. The van der Waals surface area contributed by atoms with Crippen LogP contribution >= 0.6 is 0 Å². The third-order valence-corrected chi connectivity index (χ3v) is 9.35. The number of rotatable bonds is 13. The van der Waals surface area contributed by atoms with Gasteiger partial charge >= 0.3 is 6.18 Å². The van der Waals surface area contributed by atoms with Gasteiger partial charge in [0.05, 0.1) is 41.3 Å². The fourth-order valence-corrected chi connectivity index (χ4v) is 6.37. The summed E-state index contributed by atoms with van der Waals surface area (Å²) in [4.78, 5) is 37.5. The maximum atomic E-state index is 15.5. The SMILES string of the molecule is COCCN(C)CCOc1ccc(CN2C(=O)C(C(=O)Nc3ccc(C(F)(F)F)cc3-c3cc(CF)ncn3)=C(O)C3(CCCC3)N2C)c(F)c1F.FCF. The Bertz CT molecular complexity index is 1860. The molecule has 1 aliphatic carbocycles. The van der Waals surface area contributed by atoms with Crippen LogP contribution < -0.4 is 10.1 Å². The molecule has 2 aromatic carbocycles. The molecule has 0 saturated heterocycles. The Balaban J connectivity index is 0.00000217. The maximum Gasteiger partial charge on any atom is 0.416 e. The summed E-state index contributed by atoms with van der Waals surface area (Å²) in [5, 5.41) is 16.4. The molecule has 2 aliphatic rings. The molecular formula is C36H40F8N6O5. The summed E-state index contributed by atoms with van der Waals surface area (Å²) < 4.78 is 115. The van der Waals surface area contributed by atoms with Gasteiger partial charge in [-0.05, 0) is 50.2 Å². The van der Waals surface area contributed by atoms with Crippen LogP contribution in [-0.4, -0.2) is 102 Å². The smallest absolute Gasteiger partial charge is 0.416 e. The Kier molecular flexibility index (Phi) is 14.5. The molecule has 0 radical (unpaired) electrons. The summed E-state index contributed by atoms with van der Waals surface area (Å²) in [7, 11) is 4.87. The summed E-state index contributed by atoms with van der Waals surface area (Å²) in [6.07, 6.45) is -2.01. The minimum absolute atomic E-state index is 0.0587. The number of aliphatic hydroxyl groups is 1. The summed E-state index contributed by atoms with van der Waals surface area (Å²) in [6, 6.07) is 5.97. The third-order valence-electron chi connectivity index (χ3n) is 9.35. The van der Waals surface area contributed by atoms with Crippen LogP contribution in [0.5, 0.6) is 5.75 Å². The Hall–Kier alpha value is -4.88. The van der Waals surface area contributed by atoms with Gasteiger partial charge in [0, 0.05) is 38.4 Å². The second-order valence-electron chi connectivity index (χ2n) is 12.7. The topological polar surface area (TPSA) is 120 Å². The van der Waals surface area contributed by atoms with Crippen molar-refractivity contribution in [1.82, 2.24) is 24.9 Å².